The Balaban J connectivity index is 1.22. The zero-order chi connectivity index (χ0) is 37.6. The molecule has 2 heterocycles. The number of nitrogens with one attached hydrogen (secondary N) is 2. The van der Waals surface area contributed by atoms with Gasteiger partial charge in [0.05, 0.1) is 29.1 Å². The summed E-state index contributed by atoms with van der Waals surface area (Å²) >= 11 is 2.06. The van der Waals surface area contributed by atoms with E-state index >= 15 is 0 Å². The van der Waals surface area contributed by atoms with Crippen molar-refractivity contribution in [3.63, 3.8) is 0 Å². The summed E-state index contributed by atoms with van der Waals surface area (Å²) in [5.41, 5.74) is -0.449. The maximum absolute atomic E-state index is 13.2. The van der Waals surface area contributed by atoms with Gasteiger partial charge >= 0.3 is 12.4 Å². The highest BCUT2D eigenvalue weighted by Crippen LogP contribution is 2.32. The van der Waals surface area contributed by atoms with Gasteiger partial charge in [0, 0.05) is 22.7 Å². The molecule has 0 aliphatic heterocycles. The van der Waals surface area contributed by atoms with Crippen molar-refractivity contribution in [3.05, 3.63) is 132 Å². The van der Waals surface area contributed by atoms with Gasteiger partial charge in [0.2, 0.25) is 11.8 Å². The van der Waals surface area contributed by atoms with Gasteiger partial charge < -0.3 is 10.6 Å². The fourth-order valence-corrected chi connectivity index (χ4v) is 6.57. The molecule has 0 saturated heterocycles. The topological polar surface area (TPSA) is 120 Å². The number of rotatable bonds is 12. The molecule has 272 valence electrons. The third-order valence-corrected chi connectivity index (χ3v) is 9.22. The second-order valence-electron chi connectivity index (χ2n) is 11.1. The molecule has 4 aromatic carbocycles. The molecule has 6 aromatic rings. The molecule has 10 nitrogen and oxygen atoms in total. The van der Waals surface area contributed by atoms with Gasteiger partial charge in [0.15, 0.2) is 10.3 Å². The number of hydrogen-bond acceptors (Lipinski definition) is 8. The third kappa shape index (κ3) is 9.44. The summed E-state index contributed by atoms with van der Waals surface area (Å²) in [5, 5.41) is 23.0. The first-order chi connectivity index (χ1) is 25.3. The average molecular weight is 769 g/mol. The summed E-state index contributed by atoms with van der Waals surface area (Å²) in [4.78, 5) is 25.6. The van der Waals surface area contributed by atoms with Crippen molar-refractivity contribution in [1.82, 2.24) is 29.5 Å². The summed E-state index contributed by atoms with van der Waals surface area (Å²) in [5.74, 6) is -0.654. The minimum atomic E-state index is -4.56. The van der Waals surface area contributed by atoms with Crippen LogP contribution in [-0.4, -0.2) is 52.8 Å². The lowest BCUT2D eigenvalue weighted by molar-refractivity contribution is -0.138. The Kier molecular flexibility index (Phi) is 11.2. The summed E-state index contributed by atoms with van der Waals surface area (Å²) in [6.07, 6.45) is -9.04. The number of aromatic nitrogens is 6. The van der Waals surface area contributed by atoms with Gasteiger partial charge in [-0.05, 0) is 60.7 Å². The number of thioether (sulfide) groups is 2. The maximum Gasteiger partial charge on any atom is 0.416 e. The van der Waals surface area contributed by atoms with E-state index in [2.05, 4.69) is 31.0 Å². The van der Waals surface area contributed by atoms with Crippen LogP contribution in [0, 0.1) is 0 Å². The Morgan fingerprint density at radius 1 is 0.547 bits per heavy atom. The van der Waals surface area contributed by atoms with Gasteiger partial charge in [-0.1, -0.05) is 72.1 Å². The number of amides is 2. The lowest BCUT2D eigenvalue weighted by atomic mass is 10.2. The lowest BCUT2D eigenvalue weighted by Gasteiger charge is -2.13. The molecule has 18 heteroatoms. The van der Waals surface area contributed by atoms with Gasteiger partial charge in [0.1, 0.15) is 11.6 Å². The van der Waals surface area contributed by atoms with Crippen molar-refractivity contribution in [2.24, 2.45) is 0 Å². The first-order valence-corrected chi connectivity index (χ1v) is 17.5. The molecule has 0 saturated carbocycles. The van der Waals surface area contributed by atoms with E-state index in [1.54, 1.807) is 33.4 Å². The number of hydrogen-bond donors (Lipinski definition) is 2. The minimum Gasteiger partial charge on any atom is -0.325 e. The summed E-state index contributed by atoms with van der Waals surface area (Å²) in [6, 6.07) is 26.8. The van der Waals surface area contributed by atoms with Crippen LogP contribution in [0.2, 0.25) is 0 Å². The predicted molar refractivity (Wildman–Crippen MR) is 187 cm³/mol. The molecule has 0 aliphatic carbocycles. The Bertz CT molecular complexity index is 2050. The fourth-order valence-electron chi connectivity index (χ4n) is 5.03. The molecule has 0 atom stereocenters. The number of halogens is 6. The highest BCUT2D eigenvalue weighted by Gasteiger charge is 2.31. The van der Waals surface area contributed by atoms with Gasteiger partial charge in [-0.2, -0.15) is 26.3 Å². The van der Waals surface area contributed by atoms with E-state index < -0.39 is 35.3 Å². The van der Waals surface area contributed by atoms with Crippen molar-refractivity contribution in [2.75, 3.05) is 22.1 Å². The number of carbonyl (C=O) groups excluding carboxylic acids is 2. The first kappa shape index (κ1) is 37.1. The SMILES string of the molecule is O=C(CSc1nnc(Cc2nnc(SCC(=O)Nc3cccc(C(F)(F)F)c3)n2-c2ccccc2)n1-c1ccccc1)Nc1cccc(C(F)(F)F)c1. The number of carbonyl (C=O) groups is 2. The molecular weight excluding hydrogens is 743 g/mol. The molecule has 0 aliphatic rings. The van der Waals surface area contributed by atoms with Crippen LogP contribution in [0.15, 0.2) is 120 Å². The van der Waals surface area contributed by atoms with E-state index in [0.29, 0.717) is 33.3 Å². The molecule has 0 spiro atoms. The van der Waals surface area contributed by atoms with E-state index in [0.717, 1.165) is 47.8 Å². The standard InChI is InChI=1S/C35H26F6N8O2S2/c36-34(37,38)22-9-7-11-24(17-22)42-30(50)20-52-32-46-44-28(48(32)26-13-3-1-4-14-26)19-29-45-47-33(49(29)27-15-5-2-6-16-27)53-21-31(51)43-25-12-8-10-23(18-25)35(39,40)41/h1-18H,19-21H2,(H,42,50)(H,43,51). The molecule has 0 radical (unpaired) electrons. The van der Waals surface area contributed by atoms with Gasteiger partial charge in [0.25, 0.3) is 0 Å². The molecular formula is C35H26F6N8O2S2. The Hall–Kier alpha value is -5.62. The Labute approximate surface area is 306 Å². The molecule has 6 rings (SSSR count). The van der Waals surface area contributed by atoms with Crippen molar-refractivity contribution < 1.29 is 35.9 Å². The van der Waals surface area contributed by atoms with E-state index in [4.69, 9.17) is 0 Å². The van der Waals surface area contributed by atoms with Gasteiger partial charge in [-0.25, -0.2) is 0 Å². The predicted octanol–water partition coefficient (Wildman–Crippen LogP) is 7.94. The second kappa shape index (κ2) is 16.0. The number of anilines is 2. The smallest absolute Gasteiger partial charge is 0.325 e. The summed E-state index contributed by atoms with van der Waals surface area (Å²) in [6.45, 7) is 0. The molecule has 0 unspecified atom stereocenters. The highest BCUT2D eigenvalue weighted by molar-refractivity contribution is 8.00. The lowest BCUT2D eigenvalue weighted by Crippen LogP contribution is -2.16. The van der Waals surface area contributed by atoms with Crippen molar-refractivity contribution in [2.45, 2.75) is 29.1 Å². The van der Waals surface area contributed by atoms with Crippen LogP contribution in [-0.2, 0) is 28.4 Å². The normalized spacial score (nSPS) is 11.7. The number of benzene rings is 4. The monoisotopic (exact) mass is 768 g/mol. The molecule has 0 bridgehead atoms. The fraction of sp³-hybridized carbons (Fsp3) is 0.143. The zero-order valence-corrected chi connectivity index (χ0v) is 28.7. The number of alkyl halides is 6. The van der Waals surface area contributed by atoms with Crippen LogP contribution in [0.4, 0.5) is 37.7 Å². The van der Waals surface area contributed by atoms with Gasteiger partial charge in [-0.3, -0.25) is 18.7 Å². The molecule has 53 heavy (non-hydrogen) atoms. The molecule has 2 N–H and O–H groups in total. The maximum atomic E-state index is 13.2. The Morgan fingerprint density at radius 3 is 1.32 bits per heavy atom. The first-order valence-electron chi connectivity index (χ1n) is 15.5. The largest absolute Gasteiger partial charge is 0.416 e. The van der Waals surface area contributed by atoms with E-state index in [1.807, 2.05) is 36.4 Å². The van der Waals surface area contributed by atoms with E-state index in [9.17, 15) is 35.9 Å². The van der Waals surface area contributed by atoms with Crippen LogP contribution in [0.5, 0.6) is 0 Å². The molecule has 0 fully saturated rings. The highest BCUT2D eigenvalue weighted by atomic mass is 32.2. The van der Waals surface area contributed by atoms with Gasteiger partial charge in [-0.15, -0.1) is 20.4 Å². The Morgan fingerprint density at radius 2 is 0.943 bits per heavy atom. The van der Waals surface area contributed by atoms with Crippen molar-refractivity contribution in [3.8, 4) is 11.4 Å². The zero-order valence-electron chi connectivity index (χ0n) is 27.1. The van der Waals surface area contributed by atoms with Crippen LogP contribution in [0.1, 0.15) is 22.8 Å². The van der Waals surface area contributed by atoms with Crippen LogP contribution in [0.25, 0.3) is 11.4 Å². The summed E-state index contributed by atoms with van der Waals surface area (Å²) < 4.78 is 82.4. The van der Waals surface area contributed by atoms with Crippen LogP contribution in [0.3, 0.4) is 0 Å². The van der Waals surface area contributed by atoms with Crippen molar-refractivity contribution in [1.29, 1.82) is 0 Å². The average Bonchev–Trinajstić information content (AvgIpc) is 3.73. The van der Waals surface area contributed by atoms with Crippen LogP contribution < -0.4 is 10.6 Å². The third-order valence-electron chi connectivity index (χ3n) is 7.36. The second-order valence-corrected chi connectivity index (χ2v) is 13.0. The number of nitrogens with zero attached hydrogens (tertiary/aromatic N) is 6. The van der Waals surface area contributed by atoms with E-state index in [-0.39, 0.29) is 29.3 Å². The quantitative estimate of drug-likeness (QED) is 0.0952. The van der Waals surface area contributed by atoms with Crippen molar-refractivity contribution >= 4 is 46.7 Å². The molecule has 2 aromatic heterocycles. The number of para-hydroxylation sites is 2. The summed E-state index contributed by atoms with van der Waals surface area (Å²) in [7, 11) is 0. The van der Waals surface area contributed by atoms with Crippen LogP contribution >= 0.6 is 23.5 Å². The van der Waals surface area contributed by atoms with E-state index in [1.165, 1.54) is 24.3 Å². The molecule has 2 amide bonds. The minimum absolute atomic E-state index is 0.00213.